The first-order chi connectivity index (χ1) is 30.1. The molecule has 1 atom stereocenters. The zero-order valence-corrected chi connectivity index (χ0v) is 42.7. The van der Waals surface area contributed by atoms with Crippen molar-refractivity contribution in [3.63, 3.8) is 0 Å². The van der Waals surface area contributed by atoms with E-state index >= 15 is 0 Å². The van der Waals surface area contributed by atoms with E-state index in [0.717, 1.165) is 75.5 Å². The molecule has 0 fully saturated rings. The molecule has 0 aliphatic rings. The molecule has 0 aliphatic heterocycles. The van der Waals surface area contributed by atoms with Crippen LogP contribution in [-0.4, -0.2) is 37.2 Å². The topological polar surface area (TPSA) is 78.9 Å². The summed E-state index contributed by atoms with van der Waals surface area (Å²) in [6, 6.07) is 0. The second-order valence-electron chi connectivity index (χ2n) is 20.6. The van der Waals surface area contributed by atoms with Crippen molar-refractivity contribution in [3.05, 3.63) is 0 Å². The molecule has 62 heavy (non-hydrogen) atoms. The second kappa shape index (κ2) is 47.4. The molecule has 0 aromatic carbocycles. The third-order valence-corrected chi connectivity index (χ3v) is 12.6. The fourth-order valence-corrected chi connectivity index (χ4v) is 8.47. The standard InChI is InChI=1S/C56H108O6/c1-50(2)42-36-30-24-20-16-13-11-9-7-8-10-12-14-18-22-26-33-39-45-54(57)60-48-53(49-61-55(58)46-40-34-29-28-32-38-44-52(5)6)62-56(59)47-41-35-27-23-19-15-17-21-25-31-37-43-51(3)4/h50-53H,7-49H2,1-6H3/t53-/m0/s1. The average molecular weight is 877 g/mol. The van der Waals surface area contributed by atoms with Crippen LogP contribution in [-0.2, 0) is 28.6 Å². The lowest BCUT2D eigenvalue weighted by atomic mass is 10.0. The van der Waals surface area contributed by atoms with Crippen LogP contribution >= 0.6 is 0 Å². The van der Waals surface area contributed by atoms with E-state index in [4.69, 9.17) is 14.2 Å². The highest BCUT2D eigenvalue weighted by atomic mass is 16.6. The molecule has 0 radical (unpaired) electrons. The molecule has 0 aliphatic carbocycles. The van der Waals surface area contributed by atoms with Gasteiger partial charge in [-0.3, -0.25) is 14.4 Å². The Morgan fingerprint density at radius 1 is 0.274 bits per heavy atom. The van der Waals surface area contributed by atoms with Gasteiger partial charge in [0, 0.05) is 19.3 Å². The summed E-state index contributed by atoms with van der Waals surface area (Å²) in [4.78, 5) is 38.0. The molecule has 0 aromatic rings. The van der Waals surface area contributed by atoms with Crippen molar-refractivity contribution < 1.29 is 28.6 Å². The van der Waals surface area contributed by atoms with Crippen LogP contribution in [0.2, 0.25) is 0 Å². The van der Waals surface area contributed by atoms with Gasteiger partial charge in [-0.25, -0.2) is 0 Å². The molecule has 0 amide bonds. The minimum Gasteiger partial charge on any atom is -0.462 e. The first-order valence-electron chi connectivity index (χ1n) is 27.6. The fourth-order valence-electron chi connectivity index (χ4n) is 8.47. The normalized spacial score (nSPS) is 12.1. The van der Waals surface area contributed by atoms with Gasteiger partial charge in [-0.1, -0.05) is 266 Å². The summed E-state index contributed by atoms with van der Waals surface area (Å²) >= 11 is 0. The lowest BCUT2D eigenvalue weighted by molar-refractivity contribution is -0.167. The third kappa shape index (κ3) is 49.4. The molecular weight excluding hydrogens is 769 g/mol. The van der Waals surface area contributed by atoms with Crippen molar-refractivity contribution in [1.82, 2.24) is 0 Å². The van der Waals surface area contributed by atoms with Gasteiger partial charge in [-0.05, 0) is 37.0 Å². The number of unbranched alkanes of at least 4 members (excludes halogenated alkanes) is 32. The van der Waals surface area contributed by atoms with Gasteiger partial charge in [0.05, 0.1) is 0 Å². The van der Waals surface area contributed by atoms with Crippen LogP contribution in [0, 0.1) is 17.8 Å². The molecule has 0 N–H and O–H groups in total. The molecule has 0 saturated carbocycles. The SMILES string of the molecule is CC(C)CCCCCCCCCCCCCCCCCCCCC(=O)OC[C@@H](COC(=O)CCCCCCCCC(C)C)OC(=O)CCCCCCCCCCCCCC(C)C. The van der Waals surface area contributed by atoms with Crippen LogP contribution in [0.5, 0.6) is 0 Å². The van der Waals surface area contributed by atoms with E-state index in [1.807, 2.05) is 0 Å². The number of carbonyl (C=O) groups is 3. The molecule has 0 aromatic heterocycles. The number of hydrogen-bond donors (Lipinski definition) is 0. The molecule has 0 heterocycles. The molecule has 6 heteroatoms. The summed E-state index contributed by atoms with van der Waals surface area (Å²) in [7, 11) is 0. The van der Waals surface area contributed by atoms with E-state index in [0.29, 0.717) is 19.3 Å². The van der Waals surface area contributed by atoms with Gasteiger partial charge >= 0.3 is 17.9 Å². The molecule has 0 bridgehead atoms. The van der Waals surface area contributed by atoms with Gasteiger partial charge in [0.25, 0.3) is 0 Å². The van der Waals surface area contributed by atoms with Crippen LogP contribution in [0.25, 0.3) is 0 Å². The number of esters is 3. The van der Waals surface area contributed by atoms with Gasteiger partial charge in [-0.15, -0.1) is 0 Å². The van der Waals surface area contributed by atoms with E-state index in [9.17, 15) is 14.4 Å². The summed E-state index contributed by atoms with van der Waals surface area (Å²) in [6.45, 7) is 13.7. The highest BCUT2D eigenvalue weighted by Crippen LogP contribution is 2.18. The predicted molar refractivity (Wildman–Crippen MR) is 266 cm³/mol. The minimum absolute atomic E-state index is 0.0648. The van der Waals surface area contributed by atoms with Gasteiger partial charge in [-0.2, -0.15) is 0 Å². The van der Waals surface area contributed by atoms with Crippen LogP contribution < -0.4 is 0 Å². The van der Waals surface area contributed by atoms with Crippen molar-refractivity contribution in [2.45, 2.75) is 311 Å². The average Bonchev–Trinajstić information content (AvgIpc) is 3.23. The Bertz CT molecular complexity index is 960. The van der Waals surface area contributed by atoms with E-state index in [1.54, 1.807) is 0 Å². The van der Waals surface area contributed by atoms with Crippen LogP contribution in [0.1, 0.15) is 305 Å². The van der Waals surface area contributed by atoms with Crippen molar-refractivity contribution >= 4 is 17.9 Å². The first-order valence-corrected chi connectivity index (χ1v) is 27.6. The van der Waals surface area contributed by atoms with Crippen LogP contribution in [0.3, 0.4) is 0 Å². The zero-order chi connectivity index (χ0) is 45.6. The van der Waals surface area contributed by atoms with Crippen LogP contribution in [0.15, 0.2) is 0 Å². The second-order valence-corrected chi connectivity index (χ2v) is 20.6. The maximum absolute atomic E-state index is 12.8. The Hall–Kier alpha value is -1.59. The van der Waals surface area contributed by atoms with E-state index in [2.05, 4.69) is 41.5 Å². The molecule has 0 saturated heterocycles. The minimum atomic E-state index is -0.763. The largest absolute Gasteiger partial charge is 0.462 e. The van der Waals surface area contributed by atoms with Crippen LogP contribution in [0.4, 0.5) is 0 Å². The summed E-state index contributed by atoms with van der Waals surface area (Å²) in [5.74, 6) is 1.59. The maximum atomic E-state index is 12.8. The van der Waals surface area contributed by atoms with Crippen molar-refractivity contribution in [3.8, 4) is 0 Å². The number of carbonyl (C=O) groups excluding carboxylic acids is 3. The summed E-state index contributed by atoms with van der Waals surface area (Å²) in [5, 5.41) is 0. The highest BCUT2D eigenvalue weighted by Gasteiger charge is 2.19. The van der Waals surface area contributed by atoms with Gasteiger partial charge in [0.15, 0.2) is 6.10 Å². The van der Waals surface area contributed by atoms with Gasteiger partial charge < -0.3 is 14.2 Å². The van der Waals surface area contributed by atoms with Gasteiger partial charge in [0.2, 0.25) is 0 Å². The Morgan fingerprint density at radius 3 is 0.694 bits per heavy atom. The van der Waals surface area contributed by atoms with E-state index in [1.165, 1.54) is 186 Å². The smallest absolute Gasteiger partial charge is 0.306 e. The third-order valence-electron chi connectivity index (χ3n) is 12.6. The summed E-state index contributed by atoms with van der Waals surface area (Å²) in [6.07, 6.45) is 48.3. The predicted octanol–water partition coefficient (Wildman–Crippen LogP) is 17.9. The zero-order valence-electron chi connectivity index (χ0n) is 42.7. The fraction of sp³-hybridized carbons (Fsp3) is 0.946. The van der Waals surface area contributed by atoms with Crippen molar-refractivity contribution in [1.29, 1.82) is 0 Å². The number of rotatable bonds is 49. The summed E-state index contributed by atoms with van der Waals surface area (Å²) in [5.41, 5.74) is 0. The maximum Gasteiger partial charge on any atom is 0.306 e. The molecule has 0 unspecified atom stereocenters. The number of ether oxygens (including phenoxy) is 3. The Morgan fingerprint density at radius 2 is 0.468 bits per heavy atom. The van der Waals surface area contributed by atoms with Crippen molar-refractivity contribution in [2.75, 3.05) is 13.2 Å². The Labute approximate surface area is 387 Å². The molecule has 0 rings (SSSR count). The molecular formula is C56H108O6. The monoisotopic (exact) mass is 877 g/mol. The molecule has 0 spiro atoms. The van der Waals surface area contributed by atoms with E-state index in [-0.39, 0.29) is 31.1 Å². The quantitative estimate of drug-likeness (QED) is 0.0344. The molecule has 368 valence electrons. The van der Waals surface area contributed by atoms with Gasteiger partial charge in [0.1, 0.15) is 13.2 Å². The first kappa shape index (κ1) is 60.4. The summed E-state index contributed by atoms with van der Waals surface area (Å²) < 4.78 is 16.8. The highest BCUT2D eigenvalue weighted by molar-refractivity contribution is 5.71. The lowest BCUT2D eigenvalue weighted by Gasteiger charge is -2.18. The van der Waals surface area contributed by atoms with E-state index < -0.39 is 6.10 Å². The Kier molecular flexibility index (Phi) is 46.2. The Balaban J connectivity index is 4.19. The van der Waals surface area contributed by atoms with Crippen molar-refractivity contribution in [2.24, 2.45) is 17.8 Å². The lowest BCUT2D eigenvalue weighted by Crippen LogP contribution is -2.30. The number of hydrogen-bond acceptors (Lipinski definition) is 6. The molecule has 6 nitrogen and oxygen atoms in total.